The Morgan fingerprint density at radius 2 is 1.89 bits per heavy atom. The van der Waals surface area contributed by atoms with Crippen molar-refractivity contribution in [2.75, 3.05) is 7.11 Å². The second-order valence-corrected chi connectivity index (χ2v) is 5.02. The third-order valence-corrected chi connectivity index (χ3v) is 3.68. The third kappa shape index (κ3) is 3.71. The van der Waals surface area contributed by atoms with Crippen LogP contribution in [0.25, 0.3) is 0 Å². The number of carbonyl (C=O) groups is 1. The van der Waals surface area contributed by atoms with Gasteiger partial charge in [0.15, 0.2) is 5.78 Å². The summed E-state index contributed by atoms with van der Waals surface area (Å²) in [5, 5.41) is 0.894. The quantitative estimate of drug-likeness (QED) is 0.598. The molecule has 0 N–H and O–H groups in total. The van der Waals surface area contributed by atoms with Crippen LogP contribution in [-0.4, -0.2) is 12.9 Å². The molecule has 0 saturated carbocycles. The van der Waals surface area contributed by atoms with E-state index in [0.717, 1.165) is 42.0 Å². The zero-order valence-corrected chi connectivity index (χ0v) is 11.7. The minimum Gasteiger partial charge on any atom is -0.497 e. The van der Waals surface area contributed by atoms with Gasteiger partial charge < -0.3 is 4.74 Å². The summed E-state index contributed by atoms with van der Waals surface area (Å²) in [6.45, 7) is 0. The number of allylic oxidation sites excluding steroid dienone is 4. The number of methoxy groups -OCH3 is 1. The van der Waals surface area contributed by atoms with Crippen LogP contribution >= 0.6 is 11.6 Å². The minimum atomic E-state index is -0.00908. The fourth-order valence-corrected chi connectivity index (χ4v) is 2.38. The van der Waals surface area contributed by atoms with E-state index < -0.39 is 0 Å². The van der Waals surface area contributed by atoms with Gasteiger partial charge in [-0.1, -0.05) is 17.7 Å². The minimum absolute atomic E-state index is 0.00908. The van der Waals surface area contributed by atoms with Gasteiger partial charge in [-0.15, -0.1) is 0 Å². The summed E-state index contributed by atoms with van der Waals surface area (Å²) in [6.07, 6.45) is 7.64. The highest BCUT2D eigenvalue weighted by Gasteiger charge is 2.09. The molecule has 0 heterocycles. The number of hydrogen-bond acceptors (Lipinski definition) is 2. The first-order valence-electron chi connectivity index (χ1n) is 6.44. The molecular formula is C16H17ClO2. The van der Waals surface area contributed by atoms with Gasteiger partial charge in [0.05, 0.1) is 7.11 Å². The molecule has 0 atom stereocenters. The van der Waals surface area contributed by atoms with Crippen molar-refractivity contribution in [1.29, 1.82) is 0 Å². The van der Waals surface area contributed by atoms with Crippen LogP contribution in [0.2, 0.25) is 0 Å². The zero-order valence-electron chi connectivity index (χ0n) is 11.0. The van der Waals surface area contributed by atoms with Gasteiger partial charge in [0.2, 0.25) is 0 Å². The Bertz CT molecular complexity index is 512. The molecule has 0 spiro atoms. The monoisotopic (exact) mass is 276 g/mol. The highest BCUT2D eigenvalue weighted by molar-refractivity contribution is 6.30. The molecule has 1 aromatic carbocycles. The van der Waals surface area contributed by atoms with Crippen molar-refractivity contribution in [2.24, 2.45) is 0 Å². The van der Waals surface area contributed by atoms with E-state index in [1.54, 1.807) is 37.5 Å². The van der Waals surface area contributed by atoms with Crippen molar-refractivity contribution >= 4 is 17.4 Å². The lowest BCUT2D eigenvalue weighted by Crippen LogP contribution is -1.97. The van der Waals surface area contributed by atoms with Gasteiger partial charge in [0, 0.05) is 10.6 Å². The van der Waals surface area contributed by atoms with E-state index in [-0.39, 0.29) is 5.78 Å². The molecule has 1 aromatic rings. The smallest absolute Gasteiger partial charge is 0.185 e. The lowest BCUT2D eigenvalue weighted by Gasteiger charge is -2.12. The molecule has 0 unspecified atom stereocenters. The predicted octanol–water partition coefficient (Wildman–Crippen LogP) is 4.50. The first-order valence-corrected chi connectivity index (χ1v) is 6.82. The topological polar surface area (TPSA) is 26.3 Å². The molecule has 0 aromatic heterocycles. The highest BCUT2D eigenvalue weighted by Crippen LogP contribution is 2.28. The summed E-state index contributed by atoms with van der Waals surface area (Å²) in [4.78, 5) is 12.0. The Labute approximate surface area is 118 Å². The summed E-state index contributed by atoms with van der Waals surface area (Å²) in [5.74, 6) is 0.740. The molecule has 100 valence electrons. The van der Waals surface area contributed by atoms with E-state index in [2.05, 4.69) is 0 Å². The van der Waals surface area contributed by atoms with Crippen LogP contribution in [0.4, 0.5) is 0 Å². The molecule has 0 bridgehead atoms. The maximum atomic E-state index is 12.0. The van der Waals surface area contributed by atoms with Gasteiger partial charge in [-0.05, 0) is 61.6 Å². The predicted molar refractivity (Wildman–Crippen MR) is 77.8 cm³/mol. The van der Waals surface area contributed by atoms with Gasteiger partial charge in [-0.25, -0.2) is 0 Å². The van der Waals surface area contributed by atoms with Crippen molar-refractivity contribution in [3.05, 3.63) is 52.6 Å². The molecule has 2 nitrogen and oxygen atoms in total. The Kier molecular flexibility index (Phi) is 4.80. The lowest BCUT2D eigenvalue weighted by atomic mass is 9.98. The Balaban J connectivity index is 2.07. The molecule has 0 radical (unpaired) electrons. The molecule has 1 aliphatic rings. The maximum absolute atomic E-state index is 12.0. The van der Waals surface area contributed by atoms with Gasteiger partial charge in [-0.2, -0.15) is 0 Å². The number of rotatable bonds is 4. The Hall–Kier alpha value is -1.54. The zero-order chi connectivity index (χ0) is 13.7. The van der Waals surface area contributed by atoms with E-state index in [1.165, 1.54) is 0 Å². The van der Waals surface area contributed by atoms with Crippen LogP contribution in [0, 0.1) is 0 Å². The van der Waals surface area contributed by atoms with Crippen molar-refractivity contribution in [1.82, 2.24) is 0 Å². The van der Waals surface area contributed by atoms with E-state index >= 15 is 0 Å². The van der Waals surface area contributed by atoms with Crippen LogP contribution in [0.5, 0.6) is 5.75 Å². The standard InChI is InChI=1S/C16H17ClO2/c1-19-14-9-6-13(7-10-14)16(18)11-8-12-4-2-3-5-15(12)17/h6-11H,2-5H2,1H3/b11-8+. The van der Waals surface area contributed by atoms with E-state index in [0.29, 0.717) is 5.56 Å². The summed E-state index contributed by atoms with van der Waals surface area (Å²) in [6, 6.07) is 7.10. The number of ketones is 1. The van der Waals surface area contributed by atoms with Crippen LogP contribution in [-0.2, 0) is 0 Å². The summed E-state index contributed by atoms with van der Waals surface area (Å²) < 4.78 is 5.06. The second kappa shape index (κ2) is 6.58. The second-order valence-electron chi connectivity index (χ2n) is 4.56. The fraction of sp³-hybridized carbons (Fsp3) is 0.312. The molecule has 0 fully saturated rings. The van der Waals surface area contributed by atoms with E-state index in [9.17, 15) is 4.79 Å². The number of hydrogen-bond donors (Lipinski definition) is 0. The number of carbonyl (C=O) groups excluding carboxylic acids is 1. The molecule has 0 saturated heterocycles. The van der Waals surface area contributed by atoms with Crippen molar-refractivity contribution in [3.63, 3.8) is 0 Å². The highest BCUT2D eigenvalue weighted by atomic mass is 35.5. The van der Waals surface area contributed by atoms with Crippen LogP contribution in [0.3, 0.4) is 0 Å². The van der Waals surface area contributed by atoms with Gasteiger partial charge >= 0.3 is 0 Å². The van der Waals surface area contributed by atoms with Gasteiger partial charge in [-0.3, -0.25) is 4.79 Å². The molecule has 1 aliphatic carbocycles. The molecule has 3 heteroatoms. The average Bonchev–Trinajstić information content (AvgIpc) is 2.46. The molecule has 19 heavy (non-hydrogen) atoms. The van der Waals surface area contributed by atoms with Crippen LogP contribution in [0.15, 0.2) is 47.0 Å². The van der Waals surface area contributed by atoms with E-state index in [1.807, 2.05) is 6.08 Å². The third-order valence-electron chi connectivity index (χ3n) is 3.25. The maximum Gasteiger partial charge on any atom is 0.185 e. The number of benzene rings is 1. The van der Waals surface area contributed by atoms with Crippen molar-refractivity contribution in [3.8, 4) is 5.75 Å². The number of halogens is 1. The average molecular weight is 277 g/mol. The SMILES string of the molecule is COc1ccc(C(=O)/C=C/C2=C(Cl)CCCC2)cc1. The first-order chi connectivity index (χ1) is 9.20. The number of ether oxygens (including phenoxy) is 1. The van der Waals surface area contributed by atoms with Crippen molar-refractivity contribution in [2.45, 2.75) is 25.7 Å². The van der Waals surface area contributed by atoms with Crippen LogP contribution < -0.4 is 4.74 Å². The lowest BCUT2D eigenvalue weighted by molar-refractivity contribution is 0.104. The fourth-order valence-electron chi connectivity index (χ4n) is 2.09. The summed E-state index contributed by atoms with van der Waals surface area (Å²) in [5.41, 5.74) is 1.75. The Morgan fingerprint density at radius 1 is 1.21 bits per heavy atom. The first kappa shape index (κ1) is 13.9. The van der Waals surface area contributed by atoms with Gasteiger partial charge in [0.1, 0.15) is 5.75 Å². The largest absolute Gasteiger partial charge is 0.497 e. The summed E-state index contributed by atoms with van der Waals surface area (Å²) in [7, 11) is 1.61. The molecule has 0 aliphatic heterocycles. The van der Waals surface area contributed by atoms with Gasteiger partial charge in [0.25, 0.3) is 0 Å². The van der Waals surface area contributed by atoms with E-state index in [4.69, 9.17) is 16.3 Å². The molecule has 0 amide bonds. The Morgan fingerprint density at radius 3 is 2.53 bits per heavy atom. The van der Waals surface area contributed by atoms with Crippen molar-refractivity contribution < 1.29 is 9.53 Å². The molecule has 2 rings (SSSR count). The summed E-state index contributed by atoms with van der Waals surface area (Å²) >= 11 is 6.15. The normalized spacial score (nSPS) is 15.9. The molecular weight excluding hydrogens is 260 g/mol. The van der Waals surface area contributed by atoms with Crippen LogP contribution in [0.1, 0.15) is 36.0 Å².